The first-order chi connectivity index (χ1) is 34.0. The molecular formula is C53H59Cl8N5O5. The molecule has 1 N–H and O–H groups in total. The van der Waals surface area contributed by atoms with Crippen LogP contribution in [0.2, 0.25) is 40.2 Å². The Bertz CT molecular complexity index is 2450. The van der Waals surface area contributed by atoms with Gasteiger partial charge in [-0.2, -0.15) is 0 Å². The van der Waals surface area contributed by atoms with Crippen molar-refractivity contribution in [3.8, 4) is 0 Å². The third kappa shape index (κ3) is 11.7. The lowest BCUT2D eigenvalue weighted by Crippen LogP contribution is -2.66. The highest BCUT2D eigenvalue weighted by Crippen LogP contribution is 2.45. The maximum Gasteiger partial charge on any atom is 0.243 e. The predicted molar refractivity (Wildman–Crippen MR) is 287 cm³/mol. The molecule has 4 fully saturated rings. The average Bonchev–Trinajstić information content (AvgIpc) is 3.38. The van der Waals surface area contributed by atoms with Crippen molar-refractivity contribution in [3.63, 3.8) is 0 Å². The molecule has 4 aliphatic rings. The van der Waals surface area contributed by atoms with E-state index >= 15 is 4.79 Å². The SMILES string of the molecule is CC(CN(CC(C)C1(c2ccc(Cl)c(Cl)c2)CN(C(=O)Cc2cccc(Cl)c2Cl)CCO1)C(=O)C1(N2CCCCC2)CCNCC1)C1(c2ccc(Cl)c(Cl)c2)CN(C(=O)Cc2cccc(Cl)c2Cl)CCO1. The van der Waals surface area contributed by atoms with E-state index in [9.17, 15) is 9.59 Å². The minimum Gasteiger partial charge on any atom is -0.366 e. The van der Waals surface area contributed by atoms with Crippen LogP contribution < -0.4 is 5.32 Å². The lowest BCUT2D eigenvalue weighted by Gasteiger charge is -2.52. The highest BCUT2D eigenvalue weighted by Gasteiger charge is 2.52. The number of rotatable bonds is 14. The number of piperidine rings is 2. The van der Waals surface area contributed by atoms with Crippen LogP contribution in [0.1, 0.15) is 68.2 Å². The fraction of sp³-hybridized carbons (Fsp3) is 0.491. The van der Waals surface area contributed by atoms with E-state index in [0.29, 0.717) is 90.3 Å². The molecule has 0 aliphatic carbocycles. The number of benzene rings is 4. The molecule has 4 heterocycles. The van der Waals surface area contributed by atoms with Crippen molar-refractivity contribution in [3.05, 3.63) is 135 Å². The average molecular weight is 1130 g/mol. The van der Waals surface area contributed by atoms with E-state index in [1.165, 1.54) is 0 Å². The van der Waals surface area contributed by atoms with E-state index in [2.05, 4.69) is 24.1 Å². The summed E-state index contributed by atoms with van der Waals surface area (Å²) < 4.78 is 13.9. The third-order valence-corrected chi connectivity index (χ3v) is 18.4. The fourth-order valence-electron chi connectivity index (χ4n) is 11.2. The summed E-state index contributed by atoms with van der Waals surface area (Å²) in [6.45, 7) is 9.01. The molecule has 0 saturated carbocycles. The van der Waals surface area contributed by atoms with E-state index in [1.807, 2.05) is 17.0 Å². The standard InChI is InChI=1S/C53H59Cl8N5O5/c1-34(52(38-12-14-40(54)44(58)28-38)32-63(22-24-70-52)46(67)26-36-8-6-10-42(56)48(36)60)30-65(50(69)51(16-18-62-19-17-51)66-20-4-3-5-21-66)31-35(2)53(39-13-15-41(55)45(59)29-39)33-64(23-25-71-53)47(68)27-37-9-7-11-43(57)49(37)61/h6-15,28-29,34-35,62H,3-5,16-27,30-33H2,1-2H3. The van der Waals surface area contributed by atoms with Gasteiger partial charge in [0.1, 0.15) is 16.7 Å². The molecule has 0 spiro atoms. The van der Waals surface area contributed by atoms with Gasteiger partial charge in [-0.3, -0.25) is 19.3 Å². The Labute approximate surface area is 457 Å². The molecule has 0 bridgehead atoms. The number of morpholine rings is 2. The molecular weight excluding hydrogens is 1070 g/mol. The second-order valence-electron chi connectivity index (χ2n) is 19.5. The molecule has 4 atom stereocenters. The van der Waals surface area contributed by atoms with E-state index in [-0.39, 0.29) is 70.0 Å². The zero-order valence-electron chi connectivity index (χ0n) is 39.9. The molecule has 8 rings (SSSR count). The van der Waals surface area contributed by atoms with Crippen LogP contribution in [0.15, 0.2) is 72.8 Å². The summed E-state index contributed by atoms with van der Waals surface area (Å²) >= 11 is 52.7. The van der Waals surface area contributed by atoms with E-state index < -0.39 is 28.6 Å². The van der Waals surface area contributed by atoms with Gasteiger partial charge >= 0.3 is 0 Å². The van der Waals surface area contributed by atoms with Crippen molar-refractivity contribution in [1.82, 2.24) is 24.9 Å². The van der Waals surface area contributed by atoms with Crippen molar-refractivity contribution >= 4 is 111 Å². The number of amides is 3. The third-order valence-electron chi connectivity index (χ3n) is 15.2. The van der Waals surface area contributed by atoms with Gasteiger partial charge in [-0.25, -0.2) is 0 Å². The van der Waals surface area contributed by atoms with Crippen LogP contribution in [-0.2, 0) is 47.9 Å². The molecule has 0 radical (unpaired) electrons. The molecule has 18 heteroatoms. The Morgan fingerprint density at radius 1 is 0.592 bits per heavy atom. The number of carbonyl (C=O) groups is 3. The predicted octanol–water partition coefficient (Wildman–Crippen LogP) is 11.9. The number of carbonyl (C=O) groups excluding carboxylic acids is 3. The van der Waals surface area contributed by atoms with Crippen molar-refractivity contribution < 1.29 is 23.9 Å². The summed E-state index contributed by atoms with van der Waals surface area (Å²) in [5.74, 6) is -1.15. The Hall–Kier alpha value is -2.55. The van der Waals surface area contributed by atoms with Crippen LogP contribution >= 0.6 is 92.8 Å². The summed E-state index contributed by atoms with van der Waals surface area (Å²) in [5, 5.41) is 6.36. The fourth-order valence-corrected chi connectivity index (χ4v) is 12.6. The van der Waals surface area contributed by atoms with Crippen molar-refractivity contribution in [2.75, 3.05) is 78.7 Å². The normalized spacial score (nSPS) is 22.7. The number of nitrogens with zero attached hydrogens (tertiary/aromatic N) is 4. The monoisotopic (exact) mass is 1130 g/mol. The molecule has 4 unspecified atom stereocenters. The Morgan fingerprint density at radius 2 is 1.04 bits per heavy atom. The van der Waals surface area contributed by atoms with E-state index in [1.54, 1.807) is 70.5 Å². The van der Waals surface area contributed by atoms with Crippen molar-refractivity contribution in [2.45, 2.75) is 75.5 Å². The van der Waals surface area contributed by atoms with Gasteiger partial charge in [0.25, 0.3) is 0 Å². The van der Waals surface area contributed by atoms with Gasteiger partial charge < -0.3 is 29.5 Å². The van der Waals surface area contributed by atoms with Crippen LogP contribution in [0, 0.1) is 11.8 Å². The maximum atomic E-state index is 16.2. The first-order valence-corrected chi connectivity index (χ1v) is 27.4. The summed E-state index contributed by atoms with van der Waals surface area (Å²) in [6.07, 6.45) is 4.46. The highest BCUT2D eigenvalue weighted by molar-refractivity contribution is 6.43. The largest absolute Gasteiger partial charge is 0.366 e. The summed E-state index contributed by atoms with van der Waals surface area (Å²) in [5.41, 5.74) is -0.395. The minimum absolute atomic E-state index is 0.0202. The van der Waals surface area contributed by atoms with E-state index in [0.717, 1.165) is 43.5 Å². The number of likely N-dealkylation sites (tertiary alicyclic amines) is 1. The molecule has 4 saturated heterocycles. The zero-order chi connectivity index (χ0) is 50.7. The maximum absolute atomic E-state index is 16.2. The Morgan fingerprint density at radius 3 is 1.48 bits per heavy atom. The van der Waals surface area contributed by atoms with E-state index in [4.69, 9.17) is 102 Å². The lowest BCUT2D eigenvalue weighted by atomic mass is 9.77. The summed E-state index contributed by atoms with van der Waals surface area (Å²) in [4.78, 5) is 53.0. The summed E-state index contributed by atoms with van der Waals surface area (Å²) in [6, 6.07) is 21.4. The van der Waals surface area contributed by atoms with Crippen LogP contribution in [0.3, 0.4) is 0 Å². The van der Waals surface area contributed by atoms with Gasteiger partial charge in [0.2, 0.25) is 17.7 Å². The van der Waals surface area contributed by atoms with Crippen molar-refractivity contribution in [1.29, 1.82) is 0 Å². The topological polar surface area (TPSA) is 94.7 Å². The first-order valence-electron chi connectivity index (χ1n) is 24.3. The van der Waals surface area contributed by atoms with Crippen LogP contribution in [0.4, 0.5) is 0 Å². The Balaban J connectivity index is 1.19. The minimum atomic E-state index is -1.15. The van der Waals surface area contributed by atoms with Gasteiger partial charge in [-0.05, 0) is 111 Å². The molecule has 4 aromatic rings. The van der Waals surface area contributed by atoms with Gasteiger partial charge in [0, 0.05) is 38.0 Å². The second kappa shape index (κ2) is 23.6. The van der Waals surface area contributed by atoms with Crippen LogP contribution in [0.5, 0.6) is 0 Å². The highest BCUT2D eigenvalue weighted by atomic mass is 35.5. The molecule has 71 heavy (non-hydrogen) atoms. The van der Waals surface area contributed by atoms with Crippen LogP contribution in [-0.4, -0.2) is 122 Å². The lowest BCUT2D eigenvalue weighted by molar-refractivity contribution is -0.177. The molecule has 3 amide bonds. The molecule has 382 valence electrons. The molecule has 4 aromatic carbocycles. The number of halogens is 8. The summed E-state index contributed by atoms with van der Waals surface area (Å²) in [7, 11) is 0. The van der Waals surface area contributed by atoms with Gasteiger partial charge in [-0.15, -0.1) is 0 Å². The number of hydrogen-bond donors (Lipinski definition) is 1. The molecule has 0 aromatic heterocycles. The van der Waals surface area contributed by atoms with Gasteiger partial charge in [0.15, 0.2) is 0 Å². The van der Waals surface area contributed by atoms with Gasteiger partial charge in [0.05, 0.1) is 79.3 Å². The number of ether oxygens (including phenoxy) is 2. The first kappa shape index (κ1) is 54.7. The smallest absolute Gasteiger partial charge is 0.243 e. The zero-order valence-corrected chi connectivity index (χ0v) is 45.9. The van der Waals surface area contributed by atoms with Crippen molar-refractivity contribution in [2.24, 2.45) is 11.8 Å². The molecule has 10 nitrogen and oxygen atoms in total. The number of nitrogens with one attached hydrogen (secondary N) is 1. The number of hydrogen-bond acceptors (Lipinski definition) is 7. The van der Waals surface area contributed by atoms with Crippen LogP contribution in [0.25, 0.3) is 0 Å². The van der Waals surface area contributed by atoms with Gasteiger partial charge in [-0.1, -0.05) is 149 Å². The Kier molecular flexibility index (Phi) is 18.1. The molecule has 4 aliphatic heterocycles. The second-order valence-corrected chi connectivity index (χ2v) is 22.7. The quantitative estimate of drug-likeness (QED) is 0.134.